The zero-order chi connectivity index (χ0) is 33.3. The molecule has 0 fully saturated rings. The van der Waals surface area contributed by atoms with E-state index >= 15 is 0 Å². The molecule has 4 aromatic rings. The molecule has 1 aromatic heterocycles. The predicted molar refractivity (Wildman–Crippen MR) is 179 cm³/mol. The third kappa shape index (κ3) is 6.83. The van der Waals surface area contributed by atoms with Gasteiger partial charge < -0.3 is 9.15 Å². The summed E-state index contributed by atoms with van der Waals surface area (Å²) in [6.07, 6.45) is 1.47. The molecule has 46 heavy (non-hydrogen) atoms. The van der Waals surface area contributed by atoms with Gasteiger partial charge in [0, 0.05) is 28.0 Å². The number of rotatable bonds is 9. The molecule has 0 aliphatic carbocycles. The van der Waals surface area contributed by atoms with E-state index in [0.717, 1.165) is 16.7 Å². The Morgan fingerprint density at radius 1 is 0.891 bits per heavy atom. The number of esters is 1. The molecule has 0 N–H and O–H groups in total. The van der Waals surface area contributed by atoms with Crippen LogP contribution in [0.5, 0.6) is 0 Å². The molecule has 0 saturated carbocycles. The highest BCUT2D eigenvalue weighted by Gasteiger charge is 2.38. The SMILES string of the molecule is COC(=O)C1=C(C)N(c2cc(C)cc(C)c2)C(=O)/C1=C/c1ccc(CN(Cc2ccc(Cl)cc2Cl)S(=O)(=O)c2ccc(C)cc2)o1. The number of hydrogen-bond donors (Lipinski definition) is 0. The van der Waals surface area contributed by atoms with Crippen LogP contribution in [0.25, 0.3) is 6.08 Å². The van der Waals surface area contributed by atoms with E-state index in [2.05, 4.69) is 0 Å². The van der Waals surface area contributed by atoms with E-state index < -0.39 is 21.9 Å². The molecule has 0 saturated heterocycles. The number of amides is 1. The van der Waals surface area contributed by atoms with Gasteiger partial charge >= 0.3 is 5.97 Å². The average Bonchev–Trinajstić information content (AvgIpc) is 3.53. The minimum atomic E-state index is -4.00. The van der Waals surface area contributed by atoms with Crippen molar-refractivity contribution in [3.8, 4) is 0 Å². The quantitative estimate of drug-likeness (QED) is 0.132. The smallest absolute Gasteiger partial charge is 0.340 e. The summed E-state index contributed by atoms with van der Waals surface area (Å²) >= 11 is 12.5. The summed E-state index contributed by atoms with van der Waals surface area (Å²) in [5.41, 5.74) is 4.68. The Hall–Kier alpha value is -4.15. The van der Waals surface area contributed by atoms with Gasteiger partial charge in [0.15, 0.2) is 0 Å². The molecule has 1 amide bonds. The van der Waals surface area contributed by atoms with Crippen LogP contribution in [-0.2, 0) is 37.4 Å². The highest BCUT2D eigenvalue weighted by Crippen LogP contribution is 2.36. The molecule has 2 heterocycles. The van der Waals surface area contributed by atoms with Gasteiger partial charge in [-0.25, -0.2) is 13.2 Å². The number of furan rings is 1. The fourth-order valence-electron chi connectivity index (χ4n) is 5.37. The first kappa shape index (κ1) is 33.2. The van der Waals surface area contributed by atoms with Gasteiger partial charge in [-0.1, -0.05) is 53.0 Å². The van der Waals surface area contributed by atoms with E-state index in [4.69, 9.17) is 32.4 Å². The highest BCUT2D eigenvalue weighted by molar-refractivity contribution is 7.89. The van der Waals surface area contributed by atoms with E-state index in [1.54, 1.807) is 61.5 Å². The lowest BCUT2D eigenvalue weighted by atomic mass is 10.1. The maximum Gasteiger partial charge on any atom is 0.340 e. The summed E-state index contributed by atoms with van der Waals surface area (Å²) in [6, 6.07) is 20.4. The van der Waals surface area contributed by atoms with Gasteiger partial charge in [0.05, 0.1) is 29.7 Å². The second kappa shape index (κ2) is 13.3. The number of nitrogens with zero attached hydrogens (tertiary/aromatic N) is 2. The minimum Gasteiger partial charge on any atom is -0.465 e. The summed E-state index contributed by atoms with van der Waals surface area (Å²) in [4.78, 5) is 28.3. The number of benzene rings is 3. The van der Waals surface area contributed by atoms with Gasteiger partial charge in [0.25, 0.3) is 5.91 Å². The molecule has 0 bridgehead atoms. The van der Waals surface area contributed by atoms with Crippen molar-refractivity contribution in [2.75, 3.05) is 12.0 Å². The van der Waals surface area contributed by atoms with Crippen molar-refractivity contribution in [2.24, 2.45) is 0 Å². The summed E-state index contributed by atoms with van der Waals surface area (Å²) in [6.45, 7) is 7.23. The number of methoxy groups -OCH3 is 1. The maximum absolute atomic E-state index is 13.9. The van der Waals surface area contributed by atoms with E-state index in [-0.39, 0.29) is 34.9 Å². The standard InChI is InChI=1S/C35H32Cl2N2O6S/c1-21-6-12-30(13-7-21)46(42,43)38(19-25-8-9-26(36)17-32(25)37)20-29-11-10-28(45-29)18-31-33(35(41)44-5)24(4)39(34(31)40)27-15-22(2)14-23(3)16-27/h6-18H,19-20H2,1-5H3/b31-18+. The van der Waals surface area contributed by atoms with Gasteiger partial charge in [0.2, 0.25) is 10.0 Å². The van der Waals surface area contributed by atoms with Crippen LogP contribution >= 0.6 is 23.2 Å². The number of carbonyl (C=O) groups excluding carboxylic acids is 2. The topological polar surface area (TPSA) is 97.1 Å². The maximum atomic E-state index is 13.9. The monoisotopic (exact) mass is 678 g/mol. The second-order valence-electron chi connectivity index (χ2n) is 11.1. The fourth-order valence-corrected chi connectivity index (χ4v) is 7.22. The van der Waals surface area contributed by atoms with Crippen LogP contribution < -0.4 is 4.90 Å². The number of hydrogen-bond acceptors (Lipinski definition) is 6. The van der Waals surface area contributed by atoms with Gasteiger partial charge in [-0.15, -0.1) is 0 Å². The van der Waals surface area contributed by atoms with Crippen molar-refractivity contribution in [1.29, 1.82) is 0 Å². The number of aryl methyl sites for hydroxylation is 3. The lowest BCUT2D eigenvalue weighted by Gasteiger charge is -2.22. The molecule has 238 valence electrons. The average molecular weight is 680 g/mol. The van der Waals surface area contributed by atoms with Crippen molar-refractivity contribution < 1.29 is 27.2 Å². The number of sulfonamides is 1. The summed E-state index contributed by atoms with van der Waals surface area (Å²) in [7, 11) is -2.75. The first-order valence-electron chi connectivity index (χ1n) is 14.3. The first-order chi connectivity index (χ1) is 21.8. The molecule has 1 aliphatic heterocycles. The number of carbonyl (C=O) groups is 2. The van der Waals surface area contributed by atoms with Crippen LogP contribution in [0.2, 0.25) is 10.0 Å². The Balaban J connectivity index is 1.51. The van der Waals surface area contributed by atoms with Crippen molar-refractivity contribution in [2.45, 2.75) is 45.7 Å². The molecule has 0 spiro atoms. The lowest BCUT2D eigenvalue weighted by molar-refractivity contribution is -0.136. The molecule has 8 nitrogen and oxygen atoms in total. The second-order valence-corrected chi connectivity index (χ2v) is 13.9. The van der Waals surface area contributed by atoms with Crippen LogP contribution in [0.15, 0.2) is 99.0 Å². The number of halogens is 2. The molecular formula is C35H32Cl2N2O6S. The third-order valence-electron chi connectivity index (χ3n) is 7.58. The normalized spacial score (nSPS) is 14.6. The summed E-state index contributed by atoms with van der Waals surface area (Å²) in [5, 5.41) is 0.755. The van der Waals surface area contributed by atoms with E-state index in [1.165, 1.54) is 22.4 Å². The van der Waals surface area contributed by atoms with Gasteiger partial charge in [-0.05, 0) is 99.0 Å². The number of allylic oxidation sites excluding steroid dienone is 1. The summed E-state index contributed by atoms with van der Waals surface area (Å²) in [5.74, 6) is -0.510. The van der Waals surface area contributed by atoms with Crippen molar-refractivity contribution in [3.05, 3.63) is 133 Å². The lowest BCUT2D eigenvalue weighted by Crippen LogP contribution is -2.30. The Bertz CT molecular complexity index is 1990. The zero-order valence-electron chi connectivity index (χ0n) is 25.9. The van der Waals surface area contributed by atoms with E-state index in [9.17, 15) is 18.0 Å². The number of anilines is 1. The molecule has 5 rings (SSSR count). The Labute approximate surface area is 278 Å². The van der Waals surface area contributed by atoms with Gasteiger partial charge in [0.1, 0.15) is 11.5 Å². The predicted octanol–water partition coefficient (Wildman–Crippen LogP) is 7.78. The van der Waals surface area contributed by atoms with Crippen molar-refractivity contribution >= 4 is 56.9 Å². The molecule has 0 unspecified atom stereocenters. The Morgan fingerprint density at radius 3 is 2.20 bits per heavy atom. The third-order valence-corrected chi connectivity index (χ3v) is 9.97. The zero-order valence-corrected chi connectivity index (χ0v) is 28.3. The van der Waals surface area contributed by atoms with Crippen LogP contribution in [0, 0.1) is 20.8 Å². The van der Waals surface area contributed by atoms with Crippen LogP contribution in [0.1, 0.15) is 40.7 Å². The molecule has 0 atom stereocenters. The van der Waals surface area contributed by atoms with Gasteiger partial charge in [-0.3, -0.25) is 9.69 Å². The van der Waals surface area contributed by atoms with Crippen LogP contribution in [-0.4, -0.2) is 31.7 Å². The largest absolute Gasteiger partial charge is 0.465 e. The Kier molecular flexibility index (Phi) is 9.60. The minimum absolute atomic E-state index is 0.0545. The molecule has 11 heteroatoms. The molecule has 1 aliphatic rings. The van der Waals surface area contributed by atoms with E-state index in [1.807, 2.05) is 39.0 Å². The van der Waals surface area contributed by atoms with Crippen molar-refractivity contribution in [3.63, 3.8) is 0 Å². The van der Waals surface area contributed by atoms with Crippen LogP contribution in [0.4, 0.5) is 5.69 Å². The molecule has 3 aromatic carbocycles. The fraction of sp³-hybridized carbons (Fsp3) is 0.200. The van der Waals surface area contributed by atoms with E-state index in [0.29, 0.717) is 32.8 Å². The number of ether oxygens (including phenoxy) is 1. The Morgan fingerprint density at radius 2 is 1.57 bits per heavy atom. The van der Waals surface area contributed by atoms with Crippen molar-refractivity contribution in [1.82, 2.24) is 4.31 Å². The van der Waals surface area contributed by atoms with Gasteiger partial charge in [-0.2, -0.15) is 4.31 Å². The van der Waals surface area contributed by atoms with Crippen LogP contribution in [0.3, 0.4) is 0 Å². The summed E-state index contributed by atoms with van der Waals surface area (Å²) < 4.78 is 40.1. The first-order valence-corrected chi connectivity index (χ1v) is 16.5. The molecule has 0 radical (unpaired) electrons. The highest BCUT2D eigenvalue weighted by atomic mass is 35.5. The molecular weight excluding hydrogens is 647 g/mol.